The van der Waals surface area contributed by atoms with Crippen molar-refractivity contribution in [2.45, 2.75) is 6.42 Å². The Morgan fingerprint density at radius 2 is 2.00 bits per heavy atom. The van der Waals surface area contributed by atoms with Crippen LogP contribution >= 0.6 is 15.9 Å². The minimum atomic E-state index is -0.182. The van der Waals surface area contributed by atoms with E-state index in [2.05, 4.69) is 26.2 Å². The zero-order chi connectivity index (χ0) is 13.7. The number of nitrogens with two attached hydrogens (primary N) is 1. The van der Waals surface area contributed by atoms with E-state index in [-0.39, 0.29) is 5.91 Å². The van der Waals surface area contributed by atoms with Gasteiger partial charge < -0.3 is 11.1 Å². The molecule has 0 bridgehead atoms. The van der Waals surface area contributed by atoms with Gasteiger partial charge in [0.05, 0.1) is 4.47 Å². The van der Waals surface area contributed by atoms with Crippen LogP contribution in [0.4, 0.5) is 5.82 Å². The van der Waals surface area contributed by atoms with Gasteiger partial charge in [-0.05, 0) is 58.7 Å². The molecule has 5 heteroatoms. The number of rotatable bonds is 4. The smallest absolute Gasteiger partial charge is 0.256 e. The quantitative estimate of drug-likeness (QED) is 0.910. The largest absolute Gasteiger partial charge is 0.330 e. The fourth-order valence-electron chi connectivity index (χ4n) is 1.65. The number of nitrogens with zero attached hydrogens (tertiary/aromatic N) is 1. The Labute approximate surface area is 120 Å². The van der Waals surface area contributed by atoms with Gasteiger partial charge in [-0.25, -0.2) is 4.98 Å². The molecule has 98 valence electrons. The van der Waals surface area contributed by atoms with Crippen LogP contribution in [0.3, 0.4) is 0 Å². The number of hydrogen-bond donors (Lipinski definition) is 2. The summed E-state index contributed by atoms with van der Waals surface area (Å²) in [6, 6.07) is 11.0. The predicted octanol–water partition coefficient (Wildman–Crippen LogP) is 2.60. The van der Waals surface area contributed by atoms with Gasteiger partial charge in [-0.2, -0.15) is 0 Å². The lowest BCUT2D eigenvalue weighted by atomic mass is 10.1. The number of pyridine rings is 1. The highest BCUT2D eigenvalue weighted by Gasteiger charge is 2.08. The number of carbonyl (C=O) groups excluding carboxylic acids is 1. The molecule has 1 aromatic heterocycles. The summed E-state index contributed by atoms with van der Waals surface area (Å²) in [5.74, 6) is 0.331. The summed E-state index contributed by atoms with van der Waals surface area (Å²) in [5, 5.41) is 2.76. The summed E-state index contributed by atoms with van der Waals surface area (Å²) in [4.78, 5) is 16.1. The third-order valence-electron chi connectivity index (χ3n) is 2.64. The van der Waals surface area contributed by atoms with Crippen LogP contribution in [0.5, 0.6) is 0 Å². The van der Waals surface area contributed by atoms with Gasteiger partial charge in [0.15, 0.2) is 0 Å². The van der Waals surface area contributed by atoms with Gasteiger partial charge in [-0.3, -0.25) is 4.79 Å². The maximum atomic E-state index is 12.0. The SMILES string of the molecule is NCCc1ccc(C(=O)Nc2ncccc2Br)cc1. The summed E-state index contributed by atoms with van der Waals surface area (Å²) in [6.07, 6.45) is 2.44. The lowest BCUT2D eigenvalue weighted by Crippen LogP contribution is -2.13. The van der Waals surface area contributed by atoms with Crippen molar-refractivity contribution in [3.8, 4) is 0 Å². The van der Waals surface area contributed by atoms with Crippen LogP contribution in [-0.2, 0) is 6.42 Å². The Balaban J connectivity index is 2.10. The first kappa shape index (κ1) is 13.7. The first-order chi connectivity index (χ1) is 9.20. The van der Waals surface area contributed by atoms with Gasteiger partial charge in [0.25, 0.3) is 5.91 Å². The van der Waals surface area contributed by atoms with Gasteiger partial charge in [0.1, 0.15) is 5.82 Å². The third-order valence-corrected chi connectivity index (χ3v) is 3.28. The molecule has 3 N–H and O–H groups in total. The van der Waals surface area contributed by atoms with Crippen LogP contribution in [0.25, 0.3) is 0 Å². The van der Waals surface area contributed by atoms with Gasteiger partial charge in [-0.15, -0.1) is 0 Å². The fourth-order valence-corrected chi connectivity index (χ4v) is 2.00. The summed E-state index contributed by atoms with van der Waals surface area (Å²) in [5.41, 5.74) is 7.20. The van der Waals surface area contributed by atoms with Gasteiger partial charge in [0, 0.05) is 11.8 Å². The molecule has 0 saturated carbocycles. The van der Waals surface area contributed by atoms with Crippen LogP contribution in [0, 0.1) is 0 Å². The number of anilines is 1. The van der Waals surface area contributed by atoms with E-state index in [1.165, 1.54) is 0 Å². The molecule has 19 heavy (non-hydrogen) atoms. The van der Waals surface area contributed by atoms with Gasteiger partial charge >= 0.3 is 0 Å². The highest BCUT2D eigenvalue weighted by molar-refractivity contribution is 9.10. The fraction of sp³-hybridized carbons (Fsp3) is 0.143. The molecule has 1 amide bonds. The molecule has 4 nitrogen and oxygen atoms in total. The Morgan fingerprint density at radius 1 is 1.26 bits per heavy atom. The molecule has 1 aromatic carbocycles. The van der Waals surface area contributed by atoms with Crippen molar-refractivity contribution in [1.82, 2.24) is 4.98 Å². The van der Waals surface area contributed by atoms with Crippen molar-refractivity contribution < 1.29 is 4.79 Å². The standard InChI is InChI=1S/C14H14BrN3O/c15-12-2-1-9-17-13(12)18-14(19)11-5-3-10(4-6-11)7-8-16/h1-6,9H,7-8,16H2,(H,17,18,19). The number of amides is 1. The Morgan fingerprint density at radius 3 is 2.63 bits per heavy atom. The van der Waals surface area contributed by atoms with Crippen molar-refractivity contribution in [2.24, 2.45) is 5.73 Å². The lowest BCUT2D eigenvalue weighted by Gasteiger charge is -2.06. The van der Waals surface area contributed by atoms with E-state index < -0.39 is 0 Å². The van der Waals surface area contributed by atoms with Crippen LogP contribution in [0.2, 0.25) is 0 Å². The van der Waals surface area contributed by atoms with Crippen molar-refractivity contribution in [3.63, 3.8) is 0 Å². The van der Waals surface area contributed by atoms with E-state index in [0.717, 1.165) is 16.5 Å². The van der Waals surface area contributed by atoms with E-state index in [1.807, 2.05) is 18.2 Å². The molecule has 0 radical (unpaired) electrons. The Hall–Kier alpha value is -1.72. The highest BCUT2D eigenvalue weighted by Crippen LogP contribution is 2.19. The highest BCUT2D eigenvalue weighted by atomic mass is 79.9. The lowest BCUT2D eigenvalue weighted by molar-refractivity contribution is 0.102. The predicted molar refractivity (Wildman–Crippen MR) is 79.1 cm³/mol. The number of aromatic nitrogens is 1. The molecule has 2 rings (SSSR count). The minimum absolute atomic E-state index is 0.182. The summed E-state index contributed by atoms with van der Waals surface area (Å²) in [6.45, 7) is 0.604. The average Bonchev–Trinajstić information content (AvgIpc) is 2.42. The number of carbonyl (C=O) groups is 1. The minimum Gasteiger partial charge on any atom is -0.330 e. The summed E-state index contributed by atoms with van der Waals surface area (Å²) in [7, 11) is 0. The second-order valence-corrected chi connectivity index (χ2v) is 4.88. The van der Waals surface area contributed by atoms with Crippen molar-refractivity contribution in [3.05, 3.63) is 58.2 Å². The third kappa shape index (κ3) is 3.62. The molecular formula is C14H14BrN3O. The summed E-state index contributed by atoms with van der Waals surface area (Å²) >= 11 is 3.34. The molecule has 0 unspecified atom stereocenters. The van der Waals surface area contributed by atoms with Crippen molar-refractivity contribution >= 4 is 27.7 Å². The second-order valence-electron chi connectivity index (χ2n) is 4.02. The van der Waals surface area contributed by atoms with Crippen LogP contribution in [0.1, 0.15) is 15.9 Å². The van der Waals surface area contributed by atoms with Gasteiger partial charge in [0.2, 0.25) is 0 Å². The molecule has 2 aromatic rings. The van der Waals surface area contributed by atoms with E-state index in [1.54, 1.807) is 24.4 Å². The monoisotopic (exact) mass is 319 g/mol. The average molecular weight is 320 g/mol. The van der Waals surface area contributed by atoms with Crippen molar-refractivity contribution in [1.29, 1.82) is 0 Å². The van der Waals surface area contributed by atoms with E-state index in [0.29, 0.717) is 17.9 Å². The zero-order valence-corrected chi connectivity index (χ0v) is 11.9. The first-order valence-corrected chi connectivity index (χ1v) is 6.71. The number of nitrogens with one attached hydrogen (secondary N) is 1. The Kier molecular flexibility index (Phi) is 4.65. The van der Waals surface area contributed by atoms with Crippen LogP contribution in [-0.4, -0.2) is 17.4 Å². The normalized spacial score (nSPS) is 10.2. The molecule has 0 saturated heterocycles. The summed E-state index contributed by atoms with van der Waals surface area (Å²) < 4.78 is 0.753. The van der Waals surface area contributed by atoms with Gasteiger partial charge in [-0.1, -0.05) is 12.1 Å². The molecule has 0 fully saturated rings. The molecule has 0 atom stereocenters. The second kappa shape index (κ2) is 6.45. The number of benzene rings is 1. The van der Waals surface area contributed by atoms with E-state index in [9.17, 15) is 4.79 Å². The molecule has 0 aliphatic carbocycles. The molecular weight excluding hydrogens is 306 g/mol. The maximum Gasteiger partial charge on any atom is 0.256 e. The first-order valence-electron chi connectivity index (χ1n) is 5.91. The molecule has 1 heterocycles. The van der Waals surface area contributed by atoms with Crippen LogP contribution < -0.4 is 11.1 Å². The zero-order valence-electron chi connectivity index (χ0n) is 10.3. The van der Waals surface area contributed by atoms with Crippen LogP contribution in [0.15, 0.2) is 47.1 Å². The molecule has 0 aliphatic heterocycles. The van der Waals surface area contributed by atoms with Crippen molar-refractivity contribution in [2.75, 3.05) is 11.9 Å². The van der Waals surface area contributed by atoms with E-state index in [4.69, 9.17) is 5.73 Å². The Bertz CT molecular complexity index is 569. The maximum absolute atomic E-state index is 12.0. The molecule has 0 aliphatic rings. The topological polar surface area (TPSA) is 68.0 Å². The number of halogens is 1. The van der Waals surface area contributed by atoms with E-state index >= 15 is 0 Å². The molecule has 0 spiro atoms. The number of hydrogen-bond acceptors (Lipinski definition) is 3.